The van der Waals surface area contributed by atoms with Crippen molar-refractivity contribution in [2.24, 2.45) is 5.41 Å². The summed E-state index contributed by atoms with van der Waals surface area (Å²) in [4.78, 5) is 0. The third-order valence-corrected chi connectivity index (χ3v) is 2.58. The SMILES string of the molecule is CC(C)(C)Cc1ccc2c(c1)CC=C2. The van der Waals surface area contributed by atoms with Gasteiger partial charge in [0.25, 0.3) is 0 Å². The molecule has 14 heavy (non-hydrogen) atoms. The maximum Gasteiger partial charge on any atom is -0.00881 e. The minimum absolute atomic E-state index is 0.389. The van der Waals surface area contributed by atoms with Crippen molar-refractivity contribution in [2.45, 2.75) is 33.6 Å². The van der Waals surface area contributed by atoms with Crippen molar-refractivity contribution < 1.29 is 0 Å². The van der Waals surface area contributed by atoms with Crippen LogP contribution in [0, 0.1) is 5.41 Å². The smallest absolute Gasteiger partial charge is 0.00881 e. The zero-order valence-corrected chi connectivity index (χ0v) is 9.30. The van der Waals surface area contributed by atoms with E-state index in [1.54, 1.807) is 0 Å². The zero-order chi connectivity index (χ0) is 10.2. The first-order chi connectivity index (χ1) is 6.54. The molecule has 0 bridgehead atoms. The molecule has 0 heteroatoms. The average Bonchev–Trinajstić information content (AvgIpc) is 2.47. The lowest BCUT2D eigenvalue weighted by atomic mass is 9.87. The largest absolute Gasteiger partial charge is 0.0795 e. The van der Waals surface area contributed by atoms with Gasteiger partial charge in [0.1, 0.15) is 0 Å². The Hall–Kier alpha value is -1.04. The summed E-state index contributed by atoms with van der Waals surface area (Å²) in [5.74, 6) is 0. The van der Waals surface area contributed by atoms with Crippen LogP contribution in [0.15, 0.2) is 24.3 Å². The molecule has 74 valence electrons. The summed E-state index contributed by atoms with van der Waals surface area (Å²) in [6, 6.07) is 6.88. The predicted molar refractivity (Wildman–Crippen MR) is 62.3 cm³/mol. The predicted octanol–water partition coefficient (Wildman–Crippen LogP) is 3.84. The third kappa shape index (κ3) is 2.06. The van der Waals surface area contributed by atoms with Crippen LogP contribution in [-0.4, -0.2) is 0 Å². The minimum atomic E-state index is 0.389. The maximum absolute atomic E-state index is 2.36. The van der Waals surface area contributed by atoms with Crippen LogP contribution in [0.2, 0.25) is 0 Å². The summed E-state index contributed by atoms with van der Waals surface area (Å²) in [5, 5.41) is 0. The van der Waals surface area contributed by atoms with E-state index in [-0.39, 0.29) is 0 Å². The van der Waals surface area contributed by atoms with Gasteiger partial charge < -0.3 is 0 Å². The van der Waals surface area contributed by atoms with Gasteiger partial charge in [0.15, 0.2) is 0 Å². The topological polar surface area (TPSA) is 0 Å². The molecule has 0 heterocycles. The fourth-order valence-electron chi connectivity index (χ4n) is 2.03. The highest BCUT2D eigenvalue weighted by Crippen LogP contribution is 2.25. The highest BCUT2D eigenvalue weighted by Gasteiger charge is 2.12. The van der Waals surface area contributed by atoms with Crippen LogP contribution in [0.5, 0.6) is 0 Å². The number of hydrogen-bond donors (Lipinski definition) is 0. The van der Waals surface area contributed by atoms with Crippen molar-refractivity contribution in [1.82, 2.24) is 0 Å². The van der Waals surface area contributed by atoms with Gasteiger partial charge in [-0.25, -0.2) is 0 Å². The molecule has 0 amide bonds. The lowest BCUT2D eigenvalue weighted by molar-refractivity contribution is 0.411. The molecular formula is C14H18. The van der Waals surface area contributed by atoms with E-state index in [4.69, 9.17) is 0 Å². The van der Waals surface area contributed by atoms with E-state index in [1.165, 1.54) is 23.1 Å². The molecule has 0 atom stereocenters. The molecule has 1 aromatic carbocycles. The van der Waals surface area contributed by atoms with Crippen molar-refractivity contribution in [1.29, 1.82) is 0 Å². The number of hydrogen-bond acceptors (Lipinski definition) is 0. The molecule has 0 aromatic heterocycles. The Morgan fingerprint density at radius 3 is 2.71 bits per heavy atom. The number of fused-ring (bicyclic) bond motifs is 1. The highest BCUT2D eigenvalue weighted by molar-refractivity contribution is 5.60. The van der Waals surface area contributed by atoms with Crippen LogP contribution in [0.25, 0.3) is 6.08 Å². The Labute approximate surface area is 86.7 Å². The molecule has 0 saturated heterocycles. The lowest BCUT2D eigenvalue weighted by Gasteiger charge is -2.18. The summed E-state index contributed by atoms with van der Waals surface area (Å²) in [7, 11) is 0. The van der Waals surface area contributed by atoms with Crippen LogP contribution >= 0.6 is 0 Å². The Morgan fingerprint density at radius 2 is 2.00 bits per heavy atom. The molecule has 0 fully saturated rings. The summed E-state index contributed by atoms with van der Waals surface area (Å²) < 4.78 is 0. The first-order valence-corrected chi connectivity index (χ1v) is 5.33. The normalized spacial score (nSPS) is 14.5. The summed E-state index contributed by atoms with van der Waals surface area (Å²) >= 11 is 0. The second-order valence-corrected chi connectivity index (χ2v) is 5.38. The molecule has 1 aliphatic rings. The monoisotopic (exact) mass is 186 g/mol. The van der Waals surface area contributed by atoms with Gasteiger partial charge in [-0.2, -0.15) is 0 Å². The molecule has 0 spiro atoms. The zero-order valence-electron chi connectivity index (χ0n) is 9.30. The molecule has 0 radical (unpaired) electrons. The van der Waals surface area contributed by atoms with E-state index in [0.29, 0.717) is 5.41 Å². The van der Waals surface area contributed by atoms with Crippen LogP contribution in [0.4, 0.5) is 0 Å². The van der Waals surface area contributed by atoms with Gasteiger partial charge in [0.05, 0.1) is 0 Å². The molecule has 0 N–H and O–H groups in total. The second-order valence-electron chi connectivity index (χ2n) is 5.38. The van der Waals surface area contributed by atoms with E-state index in [2.05, 4.69) is 51.1 Å². The van der Waals surface area contributed by atoms with Gasteiger partial charge in [-0.15, -0.1) is 0 Å². The molecule has 0 aliphatic heterocycles. The maximum atomic E-state index is 2.36. The quantitative estimate of drug-likeness (QED) is 0.625. The van der Waals surface area contributed by atoms with Gasteiger partial charge >= 0.3 is 0 Å². The van der Waals surface area contributed by atoms with E-state index < -0.39 is 0 Å². The Morgan fingerprint density at radius 1 is 1.21 bits per heavy atom. The first-order valence-electron chi connectivity index (χ1n) is 5.33. The molecule has 0 nitrogen and oxygen atoms in total. The fourth-order valence-corrected chi connectivity index (χ4v) is 2.03. The van der Waals surface area contributed by atoms with Crippen LogP contribution in [0.3, 0.4) is 0 Å². The van der Waals surface area contributed by atoms with Crippen LogP contribution in [-0.2, 0) is 12.8 Å². The molecular weight excluding hydrogens is 168 g/mol. The van der Waals surface area contributed by atoms with Crippen molar-refractivity contribution >= 4 is 6.08 Å². The summed E-state index contributed by atoms with van der Waals surface area (Å²) in [5.41, 5.74) is 4.76. The van der Waals surface area contributed by atoms with E-state index in [9.17, 15) is 0 Å². The second kappa shape index (κ2) is 3.27. The molecule has 0 unspecified atom stereocenters. The standard InChI is InChI=1S/C14H18/c1-14(2,3)10-11-7-8-12-5-4-6-13(12)9-11/h4-5,7-9H,6,10H2,1-3H3. The van der Waals surface area contributed by atoms with E-state index in [0.717, 1.165) is 6.42 Å². The first kappa shape index (κ1) is 9.51. The van der Waals surface area contributed by atoms with Crippen molar-refractivity contribution in [3.8, 4) is 0 Å². The van der Waals surface area contributed by atoms with Crippen molar-refractivity contribution in [2.75, 3.05) is 0 Å². The van der Waals surface area contributed by atoms with Gasteiger partial charge in [-0.1, -0.05) is 51.1 Å². The summed E-state index contributed by atoms with van der Waals surface area (Å²) in [6.45, 7) is 6.87. The Balaban J connectivity index is 2.23. The lowest BCUT2D eigenvalue weighted by Crippen LogP contribution is -2.09. The fraction of sp³-hybridized carbons (Fsp3) is 0.429. The highest BCUT2D eigenvalue weighted by atomic mass is 14.2. The van der Waals surface area contributed by atoms with Gasteiger partial charge in [-0.05, 0) is 34.9 Å². The van der Waals surface area contributed by atoms with Gasteiger partial charge in [0, 0.05) is 0 Å². The minimum Gasteiger partial charge on any atom is -0.0795 e. The number of benzene rings is 1. The van der Waals surface area contributed by atoms with Crippen LogP contribution < -0.4 is 0 Å². The average molecular weight is 186 g/mol. The molecule has 1 aromatic rings. The van der Waals surface area contributed by atoms with E-state index in [1.807, 2.05) is 0 Å². The third-order valence-electron chi connectivity index (χ3n) is 2.58. The number of allylic oxidation sites excluding steroid dienone is 1. The van der Waals surface area contributed by atoms with E-state index >= 15 is 0 Å². The van der Waals surface area contributed by atoms with Crippen molar-refractivity contribution in [3.05, 3.63) is 41.0 Å². The molecule has 2 rings (SSSR count). The number of rotatable bonds is 1. The summed E-state index contributed by atoms with van der Waals surface area (Å²) in [6.07, 6.45) is 6.75. The Bertz CT molecular complexity index is 364. The van der Waals surface area contributed by atoms with Gasteiger partial charge in [0.2, 0.25) is 0 Å². The Kier molecular flexibility index (Phi) is 2.22. The molecule has 1 aliphatic carbocycles. The van der Waals surface area contributed by atoms with Crippen molar-refractivity contribution in [3.63, 3.8) is 0 Å². The van der Waals surface area contributed by atoms with Crippen LogP contribution in [0.1, 0.15) is 37.5 Å². The molecule has 0 saturated carbocycles. The van der Waals surface area contributed by atoms with Gasteiger partial charge in [-0.3, -0.25) is 0 Å².